The molecule has 1 aromatic rings. The number of alkyl halides is 3. The predicted octanol–water partition coefficient (Wildman–Crippen LogP) is 3.15. The van der Waals surface area contributed by atoms with Crippen molar-refractivity contribution in [2.45, 2.75) is 25.1 Å². The summed E-state index contributed by atoms with van der Waals surface area (Å²) >= 11 is 0. The van der Waals surface area contributed by atoms with Crippen molar-refractivity contribution in [3.63, 3.8) is 0 Å². The number of halogens is 4. The Labute approximate surface area is 132 Å². The van der Waals surface area contributed by atoms with E-state index in [0.717, 1.165) is 12.1 Å². The lowest BCUT2D eigenvalue weighted by Gasteiger charge is -2.26. The molecule has 0 N–H and O–H groups in total. The lowest BCUT2D eigenvalue weighted by atomic mass is 10.00. The minimum absolute atomic E-state index is 0.0666. The number of benzene rings is 1. The Bertz CT molecular complexity index is 660. The molecule has 23 heavy (non-hydrogen) atoms. The fourth-order valence-electron chi connectivity index (χ4n) is 2.84. The SMILES string of the molecule is COc1ccc(C(F)(F)F)cc1C1CCCN1CCS(=O)(=O)F. The first-order valence-electron chi connectivity index (χ1n) is 7.03. The molecule has 2 rings (SSSR count). The fourth-order valence-corrected chi connectivity index (χ4v) is 3.30. The van der Waals surface area contributed by atoms with Crippen LogP contribution in [0.5, 0.6) is 5.75 Å². The van der Waals surface area contributed by atoms with E-state index in [4.69, 9.17) is 4.74 Å². The van der Waals surface area contributed by atoms with E-state index in [0.29, 0.717) is 30.7 Å². The molecule has 1 atom stereocenters. The van der Waals surface area contributed by atoms with Crippen LogP contribution < -0.4 is 4.74 Å². The maximum Gasteiger partial charge on any atom is 0.416 e. The molecule has 1 fully saturated rings. The first-order chi connectivity index (χ1) is 10.6. The number of hydrogen-bond acceptors (Lipinski definition) is 4. The summed E-state index contributed by atoms with van der Waals surface area (Å²) in [5, 5.41) is 0. The Balaban J connectivity index is 2.31. The summed E-state index contributed by atoms with van der Waals surface area (Å²) in [5.41, 5.74) is -0.450. The van der Waals surface area contributed by atoms with Gasteiger partial charge in [0.05, 0.1) is 18.4 Å². The standard InChI is InChI=1S/C14H17F4NO3S/c1-22-13-5-4-10(14(15,16)17)9-11(13)12-3-2-6-19(12)7-8-23(18,20)21/h4-5,9,12H,2-3,6-8H2,1H3. The molecule has 0 amide bonds. The Morgan fingerprint density at radius 2 is 2.04 bits per heavy atom. The fraction of sp³-hybridized carbons (Fsp3) is 0.571. The largest absolute Gasteiger partial charge is 0.496 e. The van der Waals surface area contributed by atoms with Crippen LogP contribution in [-0.4, -0.2) is 39.3 Å². The van der Waals surface area contributed by atoms with Crippen molar-refractivity contribution in [1.29, 1.82) is 0 Å². The van der Waals surface area contributed by atoms with Gasteiger partial charge in [-0.15, -0.1) is 3.89 Å². The minimum Gasteiger partial charge on any atom is -0.496 e. The van der Waals surface area contributed by atoms with Gasteiger partial charge in [-0.3, -0.25) is 4.90 Å². The van der Waals surface area contributed by atoms with E-state index >= 15 is 0 Å². The molecule has 1 unspecified atom stereocenters. The number of methoxy groups -OCH3 is 1. The number of likely N-dealkylation sites (tertiary alicyclic amines) is 1. The zero-order chi connectivity index (χ0) is 17.3. The van der Waals surface area contributed by atoms with Crippen LogP contribution in [0.3, 0.4) is 0 Å². The maximum atomic E-state index is 12.9. The molecule has 9 heteroatoms. The molecule has 1 aliphatic heterocycles. The van der Waals surface area contributed by atoms with E-state index in [-0.39, 0.29) is 6.54 Å². The molecule has 0 radical (unpaired) electrons. The van der Waals surface area contributed by atoms with Crippen LogP contribution in [0.1, 0.15) is 30.0 Å². The highest BCUT2D eigenvalue weighted by Gasteiger charge is 2.34. The molecule has 0 aromatic heterocycles. The van der Waals surface area contributed by atoms with Gasteiger partial charge >= 0.3 is 16.4 Å². The van der Waals surface area contributed by atoms with Crippen LogP contribution in [0.15, 0.2) is 18.2 Å². The molecule has 1 aromatic carbocycles. The number of nitrogens with zero attached hydrogens (tertiary/aromatic N) is 1. The first-order valence-corrected chi connectivity index (χ1v) is 8.58. The van der Waals surface area contributed by atoms with Crippen molar-refractivity contribution in [2.75, 3.05) is 26.0 Å². The monoisotopic (exact) mass is 355 g/mol. The number of ether oxygens (including phenoxy) is 1. The van der Waals surface area contributed by atoms with Crippen LogP contribution in [0.25, 0.3) is 0 Å². The minimum atomic E-state index is -4.62. The van der Waals surface area contributed by atoms with Gasteiger partial charge in [0.25, 0.3) is 0 Å². The molecule has 1 heterocycles. The third-order valence-electron chi connectivity index (χ3n) is 3.90. The van der Waals surface area contributed by atoms with Gasteiger partial charge in [0.2, 0.25) is 0 Å². The van der Waals surface area contributed by atoms with Crippen molar-refractivity contribution in [2.24, 2.45) is 0 Å². The Morgan fingerprint density at radius 3 is 2.61 bits per heavy atom. The molecule has 0 spiro atoms. The summed E-state index contributed by atoms with van der Waals surface area (Å²) in [7, 11) is -3.26. The summed E-state index contributed by atoms with van der Waals surface area (Å²) < 4.78 is 77.9. The molecule has 0 aliphatic carbocycles. The predicted molar refractivity (Wildman–Crippen MR) is 76.4 cm³/mol. The molecule has 4 nitrogen and oxygen atoms in total. The van der Waals surface area contributed by atoms with Gasteiger partial charge in [0.1, 0.15) is 5.75 Å². The molecule has 1 saturated heterocycles. The van der Waals surface area contributed by atoms with Crippen molar-refractivity contribution >= 4 is 10.2 Å². The molecule has 1 aliphatic rings. The van der Waals surface area contributed by atoms with E-state index in [1.807, 2.05) is 0 Å². The van der Waals surface area contributed by atoms with Crippen LogP contribution in [0.2, 0.25) is 0 Å². The maximum absolute atomic E-state index is 12.9. The average Bonchev–Trinajstić information content (AvgIpc) is 2.91. The van der Waals surface area contributed by atoms with Crippen LogP contribution >= 0.6 is 0 Å². The van der Waals surface area contributed by atoms with Gasteiger partial charge in [-0.2, -0.15) is 21.6 Å². The highest BCUT2D eigenvalue weighted by Crippen LogP contribution is 2.40. The third kappa shape index (κ3) is 4.57. The van der Waals surface area contributed by atoms with Crippen molar-refractivity contribution in [3.05, 3.63) is 29.3 Å². The van der Waals surface area contributed by atoms with E-state index in [2.05, 4.69) is 0 Å². The Morgan fingerprint density at radius 1 is 1.35 bits per heavy atom. The molecular formula is C14H17F4NO3S. The lowest BCUT2D eigenvalue weighted by Crippen LogP contribution is -2.28. The number of rotatable bonds is 5. The zero-order valence-electron chi connectivity index (χ0n) is 12.4. The summed E-state index contributed by atoms with van der Waals surface area (Å²) in [6.07, 6.45) is -3.23. The van der Waals surface area contributed by atoms with Gasteiger partial charge in [0, 0.05) is 18.2 Å². The highest BCUT2D eigenvalue weighted by molar-refractivity contribution is 7.86. The smallest absolute Gasteiger partial charge is 0.416 e. The topological polar surface area (TPSA) is 46.6 Å². The summed E-state index contributed by atoms with van der Waals surface area (Å²) in [5.74, 6) is -0.372. The Hall–Kier alpha value is -1.35. The van der Waals surface area contributed by atoms with Gasteiger partial charge in [-0.05, 0) is 37.6 Å². The third-order valence-corrected chi connectivity index (χ3v) is 4.57. The second-order valence-electron chi connectivity index (χ2n) is 5.39. The van der Waals surface area contributed by atoms with Gasteiger partial charge in [0.15, 0.2) is 0 Å². The van der Waals surface area contributed by atoms with E-state index in [1.54, 1.807) is 4.90 Å². The van der Waals surface area contributed by atoms with E-state index in [1.165, 1.54) is 13.2 Å². The van der Waals surface area contributed by atoms with E-state index < -0.39 is 33.8 Å². The normalized spacial score (nSPS) is 20.0. The first kappa shape index (κ1) is 18.0. The van der Waals surface area contributed by atoms with Crippen molar-refractivity contribution < 1.29 is 30.2 Å². The molecule has 130 valence electrons. The van der Waals surface area contributed by atoms with Gasteiger partial charge in [-0.1, -0.05) is 0 Å². The summed E-state index contributed by atoms with van der Waals surface area (Å²) in [6.45, 7) is 0.433. The number of hydrogen-bond donors (Lipinski definition) is 0. The van der Waals surface area contributed by atoms with Gasteiger partial charge < -0.3 is 4.74 Å². The van der Waals surface area contributed by atoms with Crippen LogP contribution in [-0.2, 0) is 16.4 Å². The molecule has 0 saturated carbocycles. The highest BCUT2D eigenvalue weighted by atomic mass is 32.3. The summed E-state index contributed by atoms with van der Waals surface area (Å²) in [4.78, 5) is 1.68. The lowest BCUT2D eigenvalue weighted by molar-refractivity contribution is -0.137. The quantitative estimate of drug-likeness (QED) is 0.601. The van der Waals surface area contributed by atoms with Crippen molar-refractivity contribution in [1.82, 2.24) is 4.90 Å². The second-order valence-corrected chi connectivity index (χ2v) is 6.88. The Kier molecular flexibility index (Phi) is 5.20. The van der Waals surface area contributed by atoms with Crippen molar-refractivity contribution in [3.8, 4) is 5.75 Å². The summed E-state index contributed by atoms with van der Waals surface area (Å²) in [6, 6.07) is 2.79. The van der Waals surface area contributed by atoms with E-state index in [9.17, 15) is 25.5 Å². The zero-order valence-corrected chi connectivity index (χ0v) is 13.3. The molecular weight excluding hydrogens is 338 g/mol. The molecule has 0 bridgehead atoms. The van der Waals surface area contributed by atoms with Gasteiger partial charge in [-0.25, -0.2) is 0 Å². The second kappa shape index (κ2) is 6.64. The van der Waals surface area contributed by atoms with Crippen LogP contribution in [0.4, 0.5) is 17.1 Å². The average molecular weight is 355 g/mol. The van der Waals surface area contributed by atoms with Crippen LogP contribution in [0, 0.1) is 0 Å².